The molecule has 1 aliphatic rings. The molecule has 0 saturated carbocycles. The monoisotopic (exact) mass is 304 g/mol. The number of nitrogens with two attached hydrogens (primary N) is 1. The van der Waals surface area contributed by atoms with Crippen LogP contribution in [0.2, 0.25) is 0 Å². The van der Waals surface area contributed by atoms with E-state index in [9.17, 15) is 9.59 Å². The summed E-state index contributed by atoms with van der Waals surface area (Å²) in [7, 11) is 0. The first-order valence-corrected chi connectivity index (χ1v) is 7.72. The van der Waals surface area contributed by atoms with E-state index in [1.54, 1.807) is 4.90 Å². The molecule has 1 heterocycles. The number of nitrogens with zero attached hydrogens (tertiary/aromatic N) is 2. The molecule has 6 nitrogen and oxygen atoms in total. The molecule has 1 aromatic carbocycles. The molecule has 1 fully saturated rings. The Morgan fingerprint density at radius 2 is 1.86 bits per heavy atom. The first-order valence-electron chi connectivity index (χ1n) is 7.72. The van der Waals surface area contributed by atoms with Crippen LogP contribution in [0.25, 0.3) is 0 Å². The molecule has 22 heavy (non-hydrogen) atoms. The van der Waals surface area contributed by atoms with Crippen molar-refractivity contribution in [2.75, 3.05) is 44.6 Å². The standard InChI is InChI=1S/C16H24N4O2/c1-2-13-5-3-4-6-14(13)18-15(21)12-19-7-9-20(10-8-19)16(22)11-17/h3-6H,2,7-12,17H2,1H3,(H,18,21). The van der Waals surface area contributed by atoms with Crippen molar-refractivity contribution in [3.8, 4) is 0 Å². The number of hydrogen-bond acceptors (Lipinski definition) is 4. The van der Waals surface area contributed by atoms with Crippen LogP contribution >= 0.6 is 0 Å². The van der Waals surface area contributed by atoms with Crippen molar-refractivity contribution in [3.05, 3.63) is 29.8 Å². The minimum atomic E-state index is -0.0269. The number of nitrogens with one attached hydrogen (secondary N) is 1. The van der Waals surface area contributed by atoms with Gasteiger partial charge in [-0.2, -0.15) is 0 Å². The quantitative estimate of drug-likeness (QED) is 0.819. The van der Waals surface area contributed by atoms with E-state index in [1.807, 2.05) is 24.3 Å². The number of benzene rings is 1. The van der Waals surface area contributed by atoms with E-state index in [4.69, 9.17) is 5.73 Å². The van der Waals surface area contributed by atoms with Crippen LogP contribution in [-0.4, -0.2) is 60.9 Å². The Kier molecular flexibility index (Phi) is 5.91. The molecule has 0 bridgehead atoms. The predicted octanol–water partition coefficient (Wildman–Crippen LogP) is 0.290. The molecule has 120 valence electrons. The van der Waals surface area contributed by atoms with Crippen LogP contribution in [0.15, 0.2) is 24.3 Å². The summed E-state index contributed by atoms with van der Waals surface area (Å²) in [6.07, 6.45) is 0.885. The lowest BCUT2D eigenvalue weighted by atomic mass is 10.1. The molecular formula is C16H24N4O2. The molecule has 1 saturated heterocycles. The number of piperazine rings is 1. The summed E-state index contributed by atoms with van der Waals surface area (Å²) < 4.78 is 0. The van der Waals surface area contributed by atoms with Gasteiger partial charge in [0.05, 0.1) is 13.1 Å². The van der Waals surface area contributed by atoms with E-state index in [2.05, 4.69) is 17.1 Å². The molecule has 0 aromatic heterocycles. The third kappa shape index (κ3) is 4.29. The van der Waals surface area contributed by atoms with E-state index < -0.39 is 0 Å². The Bertz CT molecular complexity index is 525. The highest BCUT2D eigenvalue weighted by molar-refractivity contribution is 5.93. The zero-order chi connectivity index (χ0) is 15.9. The number of carbonyl (C=O) groups is 2. The molecule has 0 spiro atoms. The fraction of sp³-hybridized carbons (Fsp3) is 0.500. The zero-order valence-corrected chi connectivity index (χ0v) is 13.0. The number of rotatable bonds is 5. The average Bonchev–Trinajstić information content (AvgIpc) is 2.55. The fourth-order valence-corrected chi connectivity index (χ4v) is 2.63. The van der Waals surface area contributed by atoms with Gasteiger partial charge in [-0.15, -0.1) is 0 Å². The van der Waals surface area contributed by atoms with E-state index in [-0.39, 0.29) is 18.4 Å². The van der Waals surface area contributed by atoms with Gasteiger partial charge in [0.15, 0.2) is 0 Å². The maximum absolute atomic E-state index is 12.2. The Morgan fingerprint density at radius 1 is 1.18 bits per heavy atom. The van der Waals surface area contributed by atoms with Gasteiger partial charge in [0, 0.05) is 31.9 Å². The maximum atomic E-state index is 12.2. The molecule has 2 amide bonds. The normalized spacial score (nSPS) is 15.6. The number of para-hydroxylation sites is 1. The van der Waals surface area contributed by atoms with Crippen LogP contribution in [0.5, 0.6) is 0 Å². The van der Waals surface area contributed by atoms with E-state index in [0.29, 0.717) is 32.7 Å². The topological polar surface area (TPSA) is 78.7 Å². The van der Waals surface area contributed by atoms with Crippen molar-refractivity contribution in [1.82, 2.24) is 9.80 Å². The van der Waals surface area contributed by atoms with Gasteiger partial charge in [-0.25, -0.2) is 0 Å². The molecule has 0 atom stereocenters. The highest BCUT2D eigenvalue weighted by atomic mass is 16.2. The molecular weight excluding hydrogens is 280 g/mol. The molecule has 0 aliphatic carbocycles. The van der Waals surface area contributed by atoms with Gasteiger partial charge in [0.2, 0.25) is 11.8 Å². The summed E-state index contributed by atoms with van der Waals surface area (Å²) in [5.41, 5.74) is 7.38. The number of amides is 2. The summed E-state index contributed by atoms with van der Waals surface area (Å²) in [6, 6.07) is 7.84. The van der Waals surface area contributed by atoms with Crippen molar-refractivity contribution in [2.24, 2.45) is 5.73 Å². The average molecular weight is 304 g/mol. The molecule has 1 aromatic rings. The van der Waals surface area contributed by atoms with Gasteiger partial charge in [-0.1, -0.05) is 25.1 Å². The van der Waals surface area contributed by atoms with Gasteiger partial charge < -0.3 is 16.0 Å². The maximum Gasteiger partial charge on any atom is 0.238 e. The lowest BCUT2D eigenvalue weighted by molar-refractivity contribution is -0.131. The predicted molar refractivity (Wildman–Crippen MR) is 86.5 cm³/mol. The van der Waals surface area contributed by atoms with Crippen LogP contribution in [0, 0.1) is 0 Å². The van der Waals surface area contributed by atoms with Crippen molar-refractivity contribution in [3.63, 3.8) is 0 Å². The fourth-order valence-electron chi connectivity index (χ4n) is 2.63. The van der Waals surface area contributed by atoms with Gasteiger partial charge in [-0.05, 0) is 18.1 Å². The Hall–Kier alpha value is -1.92. The molecule has 2 rings (SSSR count). The van der Waals surface area contributed by atoms with Crippen molar-refractivity contribution in [2.45, 2.75) is 13.3 Å². The molecule has 0 unspecified atom stereocenters. The third-order valence-corrected chi connectivity index (χ3v) is 3.94. The highest BCUT2D eigenvalue weighted by Crippen LogP contribution is 2.15. The summed E-state index contributed by atoms with van der Waals surface area (Å²) in [4.78, 5) is 27.5. The third-order valence-electron chi connectivity index (χ3n) is 3.94. The molecule has 0 radical (unpaired) electrons. The number of anilines is 1. The van der Waals surface area contributed by atoms with Crippen LogP contribution in [0.3, 0.4) is 0 Å². The molecule has 1 aliphatic heterocycles. The lowest BCUT2D eigenvalue weighted by Gasteiger charge is -2.34. The number of carbonyl (C=O) groups excluding carboxylic acids is 2. The molecule has 6 heteroatoms. The van der Waals surface area contributed by atoms with Crippen molar-refractivity contribution < 1.29 is 9.59 Å². The highest BCUT2D eigenvalue weighted by Gasteiger charge is 2.21. The number of aryl methyl sites for hydroxylation is 1. The van der Waals surface area contributed by atoms with Crippen LogP contribution in [-0.2, 0) is 16.0 Å². The van der Waals surface area contributed by atoms with Gasteiger partial charge in [0.25, 0.3) is 0 Å². The first-order chi connectivity index (χ1) is 10.6. The SMILES string of the molecule is CCc1ccccc1NC(=O)CN1CCN(C(=O)CN)CC1. The van der Waals surface area contributed by atoms with E-state index in [0.717, 1.165) is 17.7 Å². The summed E-state index contributed by atoms with van der Waals surface area (Å²) >= 11 is 0. The largest absolute Gasteiger partial charge is 0.339 e. The number of hydrogen-bond donors (Lipinski definition) is 2. The van der Waals surface area contributed by atoms with Crippen LogP contribution < -0.4 is 11.1 Å². The first kappa shape index (κ1) is 16.5. The Balaban J connectivity index is 1.82. The second-order valence-corrected chi connectivity index (χ2v) is 5.42. The smallest absolute Gasteiger partial charge is 0.238 e. The van der Waals surface area contributed by atoms with Crippen LogP contribution in [0.4, 0.5) is 5.69 Å². The van der Waals surface area contributed by atoms with Gasteiger partial charge in [0.1, 0.15) is 0 Å². The minimum absolute atomic E-state index is 0.0144. The van der Waals surface area contributed by atoms with E-state index in [1.165, 1.54) is 0 Å². The second-order valence-electron chi connectivity index (χ2n) is 5.42. The summed E-state index contributed by atoms with van der Waals surface area (Å²) in [6.45, 7) is 5.14. The minimum Gasteiger partial charge on any atom is -0.339 e. The van der Waals surface area contributed by atoms with Gasteiger partial charge >= 0.3 is 0 Å². The summed E-state index contributed by atoms with van der Waals surface area (Å²) in [5, 5.41) is 2.97. The lowest BCUT2D eigenvalue weighted by Crippen LogP contribution is -2.51. The van der Waals surface area contributed by atoms with Crippen molar-refractivity contribution in [1.29, 1.82) is 0 Å². The Morgan fingerprint density at radius 3 is 2.50 bits per heavy atom. The second kappa shape index (κ2) is 7.91. The van der Waals surface area contributed by atoms with Crippen molar-refractivity contribution >= 4 is 17.5 Å². The zero-order valence-electron chi connectivity index (χ0n) is 13.0. The van der Waals surface area contributed by atoms with Gasteiger partial charge in [-0.3, -0.25) is 14.5 Å². The Labute approximate surface area is 131 Å². The van der Waals surface area contributed by atoms with Crippen LogP contribution in [0.1, 0.15) is 12.5 Å². The molecule has 3 N–H and O–H groups in total. The summed E-state index contributed by atoms with van der Waals surface area (Å²) in [5.74, 6) is -0.0412. The van der Waals surface area contributed by atoms with E-state index >= 15 is 0 Å².